The number of rotatable bonds is 6. The first-order valence-corrected chi connectivity index (χ1v) is 6.37. The highest BCUT2D eigenvalue weighted by Crippen LogP contribution is 2.10. The molecule has 1 rings (SSSR count). The normalized spacial score (nSPS) is 20.7. The molecule has 104 valence electrons. The monoisotopic (exact) mass is 258 g/mol. The molecular weight excluding hydrogens is 236 g/mol. The van der Waals surface area contributed by atoms with Gasteiger partial charge in [-0.05, 0) is 25.2 Å². The predicted molar refractivity (Wildman–Crippen MR) is 66.4 cm³/mol. The van der Waals surface area contributed by atoms with E-state index >= 15 is 0 Å². The number of hydrogen-bond donors (Lipinski definition) is 3. The first-order chi connectivity index (χ1) is 8.49. The molecule has 1 aliphatic rings. The van der Waals surface area contributed by atoms with Gasteiger partial charge in [-0.15, -0.1) is 0 Å². The molecule has 3 N–H and O–H groups in total. The van der Waals surface area contributed by atoms with Crippen LogP contribution in [0.15, 0.2) is 0 Å². The average molecular weight is 258 g/mol. The van der Waals surface area contributed by atoms with Crippen LogP contribution in [0.3, 0.4) is 0 Å². The Balaban J connectivity index is 2.29. The molecule has 2 amide bonds. The Bertz CT molecular complexity index is 288. The summed E-state index contributed by atoms with van der Waals surface area (Å²) in [6.07, 6.45) is 2.43. The van der Waals surface area contributed by atoms with Crippen LogP contribution in [0.4, 0.5) is 4.79 Å². The quantitative estimate of drug-likeness (QED) is 0.662. The summed E-state index contributed by atoms with van der Waals surface area (Å²) in [6, 6.07) is -1.28. The number of carbonyl (C=O) groups excluding carboxylic acids is 1. The Morgan fingerprint density at radius 2 is 2.17 bits per heavy atom. The Hall–Kier alpha value is -1.30. The van der Waals surface area contributed by atoms with Crippen molar-refractivity contribution >= 4 is 12.0 Å². The molecule has 0 aliphatic carbocycles. The maximum absolute atomic E-state index is 11.6. The minimum absolute atomic E-state index is 0.0594. The van der Waals surface area contributed by atoms with Crippen molar-refractivity contribution in [3.05, 3.63) is 0 Å². The summed E-state index contributed by atoms with van der Waals surface area (Å²) in [5.41, 5.74) is 0. The van der Waals surface area contributed by atoms with E-state index in [-0.39, 0.29) is 12.0 Å². The van der Waals surface area contributed by atoms with Gasteiger partial charge in [0.2, 0.25) is 0 Å². The smallest absolute Gasteiger partial charge is 0.326 e. The Labute approximate surface area is 107 Å². The van der Waals surface area contributed by atoms with Gasteiger partial charge in [0.25, 0.3) is 0 Å². The number of carboxylic acids is 1. The number of urea groups is 1. The van der Waals surface area contributed by atoms with E-state index in [0.29, 0.717) is 13.0 Å². The van der Waals surface area contributed by atoms with Gasteiger partial charge in [-0.25, -0.2) is 9.59 Å². The molecule has 18 heavy (non-hydrogen) atoms. The minimum atomic E-state index is -1.00. The number of carbonyl (C=O) groups is 2. The molecule has 0 aromatic carbocycles. The Morgan fingerprint density at radius 1 is 1.44 bits per heavy atom. The molecule has 0 spiro atoms. The van der Waals surface area contributed by atoms with Crippen LogP contribution >= 0.6 is 0 Å². The fourth-order valence-electron chi connectivity index (χ4n) is 1.91. The van der Waals surface area contributed by atoms with Crippen LogP contribution < -0.4 is 10.6 Å². The van der Waals surface area contributed by atoms with Gasteiger partial charge in [0.05, 0.1) is 6.10 Å². The van der Waals surface area contributed by atoms with Crippen molar-refractivity contribution in [3.63, 3.8) is 0 Å². The highest BCUT2D eigenvalue weighted by atomic mass is 16.5. The molecule has 6 nitrogen and oxygen atoms in total. The lowest BCUT2D eigenvalue weighted by atomic mass is 10.0. The van der Waals surface area contributed by atoms with Gasteiger partial charge >= 0.3 is 12.0 Å². The van der Waals surface area contributed by atoms with Crippen molar-refractivity contribution in [2.24, 2.45) is 5.92 Å². The third kappa shape index (κ3) is 5.35. The van der Waals surface area contributed by atoms with Crippen molar-refractivity contribution in [1.82, 2.24) is 10.6 Å². The summed E-state index contributed by atoms with van der Waals surface area (Å²) in [5.74, 6) is -0.791. The van der Waals surface area contributed by atoms with Gasteiger partial charge in [0.1, 0.15) is 6.04 Å². The lowest BCUT2D eigenvalue weighted by Gasteiger charge is -2.18. The largest absolute Gasteiger partial charge is 0.480 e. The zero-order valence-corrected chi connectivity index (χ0v) is 10.9. The van der Waals surface area contributed by atoms with Crippen molar-refractivity contribution in [2.45, 2.75) is 45.3 Å². The molecule has 1 heterocycles. The van der Waals surface area contributed by atoms with E-state index in [1.807, 2.05) is 13.8 Å². The lowest BCUT2D eigenvalue weighted by Crippen LogP contribution is -2.48. The minimum Gasteiger partial charge on any atom is -0.480 e. The van der Waals surface area contributed by atoms with E-state index in [0.717, 1.165) is 19.4 Å². The molecule has 0 aromatic rings. The summed E-state index contributed by atoms with van der Waals surface area (Å²) in [6.45, 7) is 5.00. The molecule has 1 saturated heterocycles. The lowest BCUT2D eigenvalue weighted by molar-refractivity contribution is -0.139. The SMILES string of the molecule is CC(C)C[C@@H](NC(=O)NCC1CCCO1)C(=O)O. The summed E-state index contributed by atoms with van der Waals surface area (Å²) in [5, 5.41) is 14.1. The fraction of sp³-hybridized carbons (Fsp3) is 0.833. The van der Waals surface area contributed by atoms with Gasteiger partial charge in [0.15, 0.2) is 0 Å². The molecule has 0 saturated carbocycles. The predicted octanol–water partition coefficient (Wildman–Crippen LogP) is 0.964. The van der Waals surface area contributed by atoms with E-state index in [1.165, 1.54) is 0 Å². The molecule has 0 bridgehead atoms. The van der Waals surface area contributed by atoms with Gasteiger partial charge in [-0.1, -0.05) is 13.8 Å². The van der Waals surface area contributed by atoms with Crippen LogP contribution in [0.25, 0.3) is 0 Å². The average Bonchev–Trinajstić information content (AvgIpc) is 2.77. The number of amides is 2. The highest BCUT2D eigenvalue weighted by molar-refractivity contribution is 5.82. The van der Waals surface area contributed by atoms with Crippen molar-refractivity contribution in [1.29, 1.82) is 0 Å². The number of carboxylic acid groups (broad SMARTS) is 1. The van der Waals surface area contributed by atoms with Gasteiger partial charge in [0, 0.05) is 13.2 Å². The third-order valence-corrected chi connectivity index (χ3v) is 2.82. The van der Waals surface area contributed by atoms with Crippen LogP contribution in [0.1, 0.15) is 33.1 Å². The second-order valence-electron chi connectivity index (χ2n) is 5.01. The van der Waals surface area contributed by atoms with Crippen LogP contribution in [0.2, 0.25) is 0 Å². The number of nitrogens with one attached hydrogen (secondary N) is 2. The summed E-state index contributed by atoms with van der Waals surface area (Å²) in [7, 11) is 0. The van der Waals surface area contributed by atoms with E-state index in [4.69, 9.17) is 9.84 Å². The second kappa shape index (κ2) is 7.20. The van der Waals surface area contributed by atoms with Crippen LogP contribution in [-0.2, 0) is 9.53 Å². The maximum atomic E-state index is 11.6. The topological polar surface area (TPSA) is 87.7 Å². The van der Waals surface area contributed by atoms with Crippen LogP contribution in [0.5, 0.6) is 0 Å². The molecule has 0 radical (unpaired) electrons. The Morgan fingerprint density at radius 3 is 2.67 bits per heavy atom. The fourth-order valence-corrected chi connectivity index (χ4v) is 1.91. The number of aliphatic carboxylic acids is 1. The molecule has 0 aromatic heterocycles. The Kier molecular flexibility index (Phi) is 5.91. The molecule has 1 fully saturated rings. The molecular formula is C12H22N2O4. The first kappa shape index (κ1) is 14.8. The summed E-state index contributed by atoms with van der Waals surface area (Å²) in [4.78, 5) is 22.5. The van der Waals surface area contributed by atoms with E-state index in [2.05, 4.69) is 10.6 Å². The third-order valence-electron chi connectivity index (χ3n) is 2.82. The van der Waals surface area contributed by atoms with Crippen molar-refractivity contribution < 1.29 is 19.4 Å². The molecule has 6 heteroatoms. The zero-order valence-electron chi connectivity index (χ0n) is 10.9. The van der Waals surface area contributed by atoms with E-state index in [9.17, 15) is 9.59 Å². The first-order valence-electron chi connectivity index (χ1n) is 6.37. The summed E-state index contributed by atoms with van der Waals surface area (Å²) < 4.78 is 5.36. The highest BCUT2D eigenvalue weighted by Gasteiger charge is 2.22. The number of hydrogen-bond acceptors (Lipinski definition) is 3. The van der Waals surface area contributed by atoms with Crippen LogP contribution in [-0.4, -0.2) is 42.4 Å². The van der Waals surface area contributed by atoms with Crippen LogP contribution in [0, 0.1) is 5.92 Å². The molecule has 2 atom stereocenters. The summed E-state index contributed by atoms with van der Waals surface area (Å²) >= 11 is 0. The van der Waals surface area contributed by atoms with E-state index in [1.54, 1.807) is 0 Å². The van der Waals surface area contributed by atoms with Gasteiger partial charge in [-0.3, -0.25) is 0 Å². The second-order valence-corrected chi connectivity index (χ2v) is 5.01. The standard InChI is InChI=1S/C12H22N2O4/c1-8(2)6-10(11(15)16)14-12(17)13-7-9-4-3-5-18-9/h8-10H,3-7H2,1-2H3,(H,15,16)(H2,13,14,17)/t9?,10-/m1/s1. The van der Waals surface area contributed by atoms with Crippen molar-refractivity contribution in [2.75, 3.05) is 13.2 Å². The molecule has 1 unspecified atom stereocenters. The van der Waals surface area contributed by atoms with E-state index < -0.39 is 18.0 Å². The number of ether oxygens (including phenoxy) is 1. The maximum Gasteiger partial charge on any atom is 0.326 e. The zero-order chi connectivity index (χ0) is 13.5. The van der Waals surface area contributed by atoms with Crippen molar-refractivity contribution in [3.8, 4) is 0 Å². The molecule has 1 aliphatic heterocycles. The van der Waals surface area contributed by atoms with Gasteiger partial charge in [-0.2, -0.15) is 0 Å². The van der Waals surface area contributed by atoms with Gasteiger partial charge < -0.3 is 20.5 Å².